The maximum Gasteiger partial charge on any atom is 0.240 e. The summed E-state index contributed by atoms with van der Waals surface area (Å²) in [5.74, 6) is -0.0245. The second-order valence-corrected chi connectivity index (χ2v) is 6.70. The van der Waals surface area contributed by atoms with E-state index in [2.05, 4.69) is 4.98 Å². The number of nitrogens with zero attached hydrogens (tertiary/aromatic N) is 2. The van der Waals surface area contributed by atoms with Gasteiger partial charge in [0.25, 0.3) is 0 Å². The van der Waals surface area contributed by atoms with Crippen LogP contribution in [0, 0.1) is 12.3 Å². The number of aryl methyl sites for hydroxylation is 1. The zero-order chi connectivity index (χ0) is 13.2. The molecule has 0 radical (unpaired) electrons. The Kier molecular flexibility index (Phi) is 4.27. The summed E-state index contributed by atoms with van der Waals surface area (Å²) in [4.78, 5) is 19.0. The van der Waals surface area contributed by atoms with Crippen LogP contribution in [0.3, 0.4) is 0 Å². The molecule has 0 aliphatic carbocycles. The van der Waals surface area contributed by atoms with E-state index in [1.54, 1.807) is 23.3 Å². The number of hydrogen-bond acceptors (Lipinski definition) is 4. The van der Waals surface area contributed by atoms with Crippen molar-refractivity contribution in [3.63, 3.8) is 0 Å². The van der Waals surface area contributed by atoms with Gasteiger partial charge in [0.2, 0.25) is 5.91 Å². The lowest BCUT2D eigenvalue weighted by Crippen LogP contribution is -2.48. The van der Waals surface area contributed by atoms with E-state index >= 15 is 0 Å². The zero-order valence-corrected chi connectivity index (χ0v) is 12.0. The number of hydrogen-bond donors (Lipinski definition) is 1. The maximum atomic E-state index is 12.1. The minimum Gasteiger partial charge on any atom is -0.339 e. The monoisotopic (exact) mass is 255 g/mol. The third-order valence-corrected chi connectivity index (χ3v) is 3.53. The number of likely N-dealkylation sites (N-methyl/N-ethyl adjacent to an activating group) is 1. The van der Waals surface area contributed by atoms with E-state index in [4.69, 9.17) is 5.73 Å². The Morgan fingerprint density at radius 2 is 2.18 bits per heavy atom. The molecule has 0 aromatic carbocycles. The third kappa shape index (κ3) is 3.78. The van der Waals surface area contributed by atoms with Gasteiger partial charge in [-0.25, -0.2) is 4.98 Å². The van der Waals surface area contributed by atoms with Gasteiger partial charge in [-0.3, -0.25) is 4.79 Å². The molecule has 17 heavy (non-hydrogen) atoms. The highest BCUT2D eigenvalue weighted by Crippen LogP contribution is 2.20. The predicted octanol–water partition coefficient (Wildman–Crippen LogP) is 1.78. The van der Waals surface area contributed by atoms with E-state index < -0.39 is 6.04 Å². The lowest BCUT2D eigenvalue weighted by atomic mass is 9.86. The van der Waals surface area contributed by atoms with E-state index in [0.717, 1.165) is 9.88 Å². The van der Waals surface area contributed by atoms with Crippen molar-refractivity contribution in [3.05, 3.63) is 16.1 Å². The number of carbonyl (C=O) groups excluding carboxylic acids is 1. The topological polar surface area (TPSA) is 59.2 Å². The van der Waals surface area contributed by atoms with Gasteiger partial charge in [0.15, 0.2) is 0 Å². The van der Waals surface area contributed by atoms with Crippen LogP contribution < -0.4 is 5.73 Å². The summed E-state index contributed by atoms with van der Waals surface area (Å²) < 4.78 is 0. The minimum atomic E-state index is -0.471. The Labute approximate surface area is 107 Å². The summed E-state index contributed by atoms with van der Waals surface area (Å²) in [5, 5.41) is 1.01. The molecule has 5 heteroatoms. The van der Waals surface area contributed by atoms with Crippen LogP contribution in [0.15, 0.2) is 6.20 Å². The normalized spacial score (nSPS) is 13.5. The average Bonchev–Trinajstić information content (AvgIpc) is 2.60. The Morgan fingerprint density at radius 3 is 2.59 bits per heavy atom. The number of aromatic nitrogens is 1. The van der Waals surface area contributed by atoms with E-state index in [-0.39, 0.29) is 11.3 Å². The summed E-state index contributed by atoms with van der Waals surface area (Å²) >= 11 is 1.61. The van der Waals surface area contributed by atoms with E-state index in [9.17, 15) is 4.79 Å². The largest absolute Gasteiger partial charge is 0.339 e. The molecule has 1 rings (SSSR count). The van der Waals surface area contributed by atoms with Crippen molar-refractivity contribution in [2.75, 3.05) is 7.05 Å². The van der Waals surface area contributed by atoms with Crippen molar-refractivity contribution in [2.24, 2.45) is 11.1 Å². The molecule has 1 amide bonds. The predicted molar refractivity (Wildman–Crippen MR) is 70.8 cm³/mol. The zero-order valence-electron chi connectivity index (χ0n) is 11.2. The Hall–Kier alpha value is -0.940. The molecule has 1 aromatic rings. The van der Waals surface area contributed by atoms with Gasteiger partial charge >= 0.3 is 0 Å². The number of carbonyl (C=O) groups is 1. The van der Waals surface area contributed by atoms with Crippen molar-refractivity contribution >= 4 is 17.2 Å². The first kappa shape index (κ1) is 14.1. The molecule has 1 aromatic heterocycles. The Balaban J connectivity index is 2.65. The van der Waals surface area contributed by atoms with E-state index in [0.29, 0.717) is 6.54 Å². The fourth-order valence-corrected chi connectivity index (χ4v) is 2.25. The van der Waals surface area contributed by atoms with Crippen molar-refractivity contribution in [1.82, 2.24) is 9.88 Å². The van der Waals surface area contributed by atoms with Gasteiger partial charge in [0.1, 0.15) is 0 Å². The molecule has 1 unspecified atom stereocenters. The molecule has 4 nitrogen and oxygen atoms in total. The van der Waals surface area contributed by atoms with Gasteiger partial charge < -0.3 is 10.6 Å². The van der Waals surface area contributed by atoms with Gasteiger partial charge in [-0.2, -0.15) is 0 Å². The standard InChI is InChI=1S/C12H21N3OS/c1-8-14-6-9(17-8)7-15(5)11(16)10(13)12(2,3)4/h6,10H,7,13H2,1-5H3. The molecule has 0 aliphatic heterocycles. The highest BCUT2D eigenvalue weighted by atomic mass is 32.1. The lowest BCUT2D eigenvalue weighted by molar-refractivity contribution is -0.134. The van der Waals surface area contributed by atoms with E-state index in [1.807, 2.05) is 33.9 Å². The summed E-state index contributed by atoms with van der Waals surface area (Å²) in [5.41, 5.74) is 5.74. The molecule has 2 N–H and O–H groups in total. The van der Waals surface area contributed by atoms with Gasteiger partial charge in [-0.15, -0.1) is 11.3 Å². The first-order valence-electron chi connectivity index (χ1n) is 5.63. The van der Waals surface area contributed by atoms with Crippen molar-refractivity contribution in [3.8, 4) is 0 Å². The van der Waals surface area contributed by atoms with Crippen LogP contribution in [0.2, 0.25) is 0 Å². The Bertz CT molecular complexity index is 395. The summed E-state index contributed by atoms with van der Waals surface area (Å²) in [6.07, 6.45) is 1.81. The van der Waals surface area contributed by atoms with Crippen LogP contribution in [-0.2, 0) is 11.3 Å². The van der Waals surface area contributed by atoms with Crippen LogP contribution in [0.25, 0.3) is 0 Å². The molecule has 96 valence electrons. The summed E-state index contributed by atoms with van der Waals surface area (Å²) in [6, 6.07) is -0.471. The number of rotatable bonds is 3. The smallest absolute Gasteiger partial charge is 0.240 e. The first-order valence-corrected chi connectivity index (χ1v) is 6.45. The maximum absolute atomic E-state index is 12.1. The second kappa shape index (κ2) is 5.14. The van der Waals surface area contributed by atoms with Crippen LogP contribution in [0.1, 0.15) is 30.7 Å². The molecule has 0 aliphatic rings. The SMILES string of the molecule is Cc1ncc(CN(C)C(=O)C(N)C(C)(C)C)s1. The molecule has 0 bridgehead atoms. The third-order valence-electron chi connectivity index (χ3n) is 2.64. The molecule has 1 heterocycles. The fraction of sp³-hybridized carbons (Fsp3) is 0.667. The molecule has 0 saturated carbocycles. The van der Waals surface area contributed by atoms with Crippen LogP contribution in [-0.4, -0.2) is 28.9 Å². The van der Waals surface area contributed by atoms with Gasteiger partial charge in [-0.05, 0) is 12.3 Å². The Morgan fingerprint density at radius 1 is 1.59 bits per heavy atom. The summed E-state index contributed by atoms with van der Waals surface area (Å²) in [6.45, 7) is 8.45. The van der Waals surface area contributed by atoms with Crippen molar-refractivity contribution < 1.29 is 4.79 Å². The van der Waals surface area contributed by atoms with Crippen LogP contribution in [0.5, 0.6) is 0 Å². The fourth-order valence-electron chi connectivity index (χ4n) is 1.40. The summed E-state index contributed by atoms with van der Waals surface area (Å²) in [7, 11) is 1.78. The molecular weight excluding hydrogens is 234 g/mol. The van der Waals surface area contributed by atoms with Crippen molar-refractivity contribution in [1.29, 1.82) is 0 Å². The molecular formula is C12H21N3OS. The van der Waals surface area contributed by atoms with Gasteiger partial charge in [0, 0.05) is 18.1 Å². The van der Waals surface area contributed by atoms with Crippen LogP contribution in [0.4, 0.5) is 0 Å². The molecule has 0 spiro atoms. The van der Waals surface area contributed by atoms with E-state index in [1.165, 1.54) is 0 Å². The minimum absolute atomic E-state index is 0.0245. The molecule has 1 atom stereocenters. The van der Waals surface area contributed by atoms with Crippen molar-refractivity contribution in [2.45, 2.75) is 40.3 Å². The van der Waals surface area contributed by atoms with Gasteiger partial charge in [0.05, 0.1) is 17.6 Å². The average molecular weight is 255 g/mol. The molecule has 0 saturated heterocycles. The van der Waals surface area contributed by atoms with Crippen LogP contribution >= 0.6 is 11.3 Å². The second-order valence-electron chi connectivity index (χ2n) is 5.38. The number of nitrogens with two attached hydrogens (primary N) is 1. The quantitative estimate of drug-likeness (QED) is 0.895. The first-order chi connectivity index (χ1) is 7.71. The highest BCUT2D eigenvalue weighted by molar-refractivity contribution is 7.11. The molecule has 0 fully saturated rings. The number of amides is 1. The van der Waals surface area contributed by atoms with Gasteiger partial charge in [-0.1, -0.05) is 20.8 Å². The highest BCUT2D eigenvalue weighted by Gasteiger charge is 2.29. The lowest BCUT2D eigenvalue weighted by Gasteiger charge is -2.29. The number of thiazole rings is 1.